The van der Waals surface area contributed by atoms with E-state index in [9.17, 15) is 9.50 Å². The number of aliphatic hydroxyl groups excluding tert-OH is 1. The summed E-state index contributed by atoms with van der Waals surface area (Å²) in [5.41, 5.74) is 1.44. The summed E-state index contributed by atoms with van der Waals surface area (Å²) in [5, 5.41) is 18.3. The first kappa shape index (κ1) is 15.4. The summed E-state index contributed by atoms with van der Waals surface area (Å²) in [4.78, 5) is 4.27. The third kappa shape index (κ3) is 3.62. The van der Waals surface area contributed by atoms with Gasteiger partial charge in [0, 0.05) is 18.8 Å². The van der Waals surface area contributed by atoms with E-state index in [0.717, 1.165) is 17.9 Å². The number of benzene rings is 1. The van der Waals surface area contributed by atoms with Crippen molar-refractivity contribution in [2.24, 2.45) is 0 Å². The predicted octanol–water partition coefficient (Wildman–Crippen LogP) is 1.96. The molecule has 0 fully saturated rings. The lowest BCUT2D eigenvalue weighted by Gasteiger charge is -2.10. The third-order valence-corrected chi connectivity index (χ3v) is 3.65. The van der Waals surface area contributed by atoms with Gasteiger partial charge in [-0.2, -0.15) is 0 Å². The molecule has 0 saturated heterocycles. The molecule has 6 nitrogen and oxygen atoms in total. The maximum atomic E-state index is 12.9. The van der Waals surface area contributed by atoms with E-state index in [1.54, 1.807) is 29.2 Å². The van der Waals surface area contributed by atoms with Gasteiger partial charge >= 0.3 is 0 Å². The predicted molar refractivity (Wildman–Crippen MR) is 82.1 cm³/mol. The number of hydrogen-bond acceptors (Lipinski definition) is 4. The Labute approximate surface area is 133 Å². The Morgan fingerprint density at radius 2 is 2.04 bits per heavy atom. The molecule has 7 heteroatoms. The average Bonchev–Trinajstić information content (AvgIpc) is 3.17. The second-order valence-corrected chi connectivity index (χ2v) is 5.32. The highest BCUT2D eigenvalue weighted by Crippen LogP contribution is 2.15. The first-order valence-corrected chi connectivity index (χ1v) is 7.48. The number of hydrogen-bond donors (Lipinski definition) is 1. The average molecular weight is 315 g/mol. The van der Waals surface area contributed by atoms with Crippen LogP contribution in [0.2, 0.25) is 0 Å². The fourth-order valence-corrected chi connectivity index (χ4v) is 2.44. The Bertz CT molecular complexity index is 765. The molecule has 2 aromatic heterocycles. The Balaban J connectivity index is 1.66. The van der Waals surface area contributed by atoms with Crippen molar-refractivity contribution < 1.29 is 9.50 Å². The van der Waals surface area contributed by atoms with Crippen molar-refractivity contribution in [2.45, 2.75) is 32.5 Å². The van der Waals surface area contributed by atoms with E-state index in [-0.39, 0.29) is 12.4 Å². The van der Waals surface area contributed by atoms with Gasteiger partial charge in [0.1, 0.15) is 17.3 Å². The van der Waals surface area contributed by atoms with Gasteiger partial charge < -0.3 is 9.67 Å². The van der Waals surface area contributed by atoms with Crippen LogP contribution in [0.5, 0.6) is 0 Å². The van der Waals surface area contributed by atoms with Gasteiger partial charge in [-0.05, 0) is 17.7 Å². The SMILES string of the molecule is CCc1nccn1Cc1cn(C[C@@H](O)c2ccc(F)cc2)nn1. The normalized spacial score (nSPS) is 12.5. The second-order valence-electron chi connectivity index (χ2n) is 5.32. The van der Waals surface area contributed by atoms with E-state index >= 15 is 0 Å². The van der Waals surface area contributed by atoms with Crippen LogP contribution in [0.4, 0.5) is 4.39 Å². The number of aromatic nitrogens is 5. The molecule has 0 bridgehead atoms. The lowest BCUT2D eigenvalue weighted by Crippen LogP contribution is -2.09. The van der Waals surface area contributed by atoms with Crippen LogP contribution in [0.15, 0.2) is 42.9 Å². The lowest BCUT2D eigenvalue weighted by atomic mass is 10.1. The zero-order valence-electron chi connectivity index (χ0n) is 12.8. The van der Waals surface area contributed by atoms with E-state index in [1.165, 1.54) is 12.1 Å². The monoisotopic (exact) mass is 315 g/mol. The molecule has 0 aliphatic carbocycles. The van der Waals surface area contributed by atoms with E-state index in [0.29, 0.717) is 12.1 Å². The van der Waals surface area contributed by atoms with Crippen molar-refractivity contribution >= 4 is 0 Å². The number of nitrogens with zero attached hydrogens (tertiary/aromatic N) is 5. The first-order valence-electron chi connectivity index (χ1n) is 7.48. The summed E-state index contributed by atoms with van der Waals surface area (Å²) in [7, 11) is 0. The minimum atomic E-state index is -0.760. The lowest BCUT2D eigenvalue weighted by molar-refractivity contribution is 0.150. The Morgan fingerprint density at radius 3 is 2.78 bits per heavy atom. The molecule has 0 spiro atoms. The highest BCUT2D eigenvalue weighted by molar-refractivity contribution is 5.18. The van der Waals surface area contributed by atoms with Crippen molar-refractivity contribution in [1.82, 2.24) is 24.5 Å². The second kappa shape index (κ2) is 6.70. The minimum Gasteiger partial charge on any atom is -0.386 e. The topological polar surface area (TPSA) is 68.8 Å². The van der Waals surface area contributed by atoms with E-state index < -0.39 is 6.10 Å². The molecule has 3 aromatic rings. The number of halogens is 1. The first-order chi connectivity index (χ1) is 11.2. The van der Waals surface area contributed by atoms with E-state index in [4.69, 9.17) is 0 Å². The maximum absolute atomic E-state index is 12.9. The van der Waals surface area contributed by atoms with Gasteiger partial charge in [-0.3, -0.25) is 0 Å². The standard InChI is InChI=1S/C16H18FN5O/c1-2-16-18-7-8-21(16)9-14-10-22(20-19-14)11-15(23)12-3-5-13(17)6-4-12/h3-8,10,15,23H,2,9,11H2,1H3/t15-/m1/s1. The van der Waals surface area contributed by atoms with E-state index in [1.807, 2.05) is 10.8 Å². The fourth-order valence-electron chi connectivity index (χ4n) is 2.44. The molecule has 0 unspecified atom stereocenters. The number of aliphatic hydroxyl groups is 1. The minimum absolute atomic E-state index is 0.267. The van der Waals surface area contributed by atoms with Crippen molar-refractivity contribution in [3.8, 4) is 0 Å². The quantitative estimate of drug-likeness (QED) is 0.755. The van der Waals surface area contributed by atoms with Gasteiger partial charge in [-0.15, -0.1) is 5.10 Å². The molecule has 0 aliphatic heterocycles. The van der Waals surface area contributed by atoms with Gasteiger partial charge in [-0.1, -0.05) is 24.3 Å². The molecular formula is C16H18FN5O. The zero-order chi connectivity index (χ0) is 16.2. The highest BCUT2D eigenvalue weighted by atomic mass is 19.1. The van der Waals surface area contributed by atoms with Crippen LogP contribution < -0.4 is 0 Å². The molecule has 1 atom stereocenters. The van der Waals surface area contributed by atoms with Gasteiger partial charge in [-0.25, -0.2) is 14.1 Å². The Hall–Kier alpha value is -2.54. The van der Waals surface area contributed by atoms with Gasteiger partial charge in [0.25, 0.3) is 0 Å². The van der Waals surface area contributed by atoms with Crippen LogP contribution in [0, 0.1) is 5.82 Å². The van der Waals surface area contributed by atoms with Crippen LogP contribution in [0.3, 0.4) is 0 Å². The molecule has 0 saturated carbocycles. The number of imidazole rings is 1. The molecule has 1 N–H and O–H groups in total. The van der Waals surface area contributed by atoms with E-state index in [2.05, 4.69) is 22.2 Å². The van der Waals surface area contributed by atoms with Crippen molar-refractivity contribution in [3.63, 3.8) is 0 Å². The summed E-state index contributed by atoms with van der Waals surface area (Å²) in [6.45, 7) is 2.91. The van der Waals surface area contributed by atoms with Gasteiger partial charge in [0.2, 0.25) is 0 Å². The molecule has 2 heterocycles. The molecule has 120 valence electrons. The summed E-state index contributed by atoms with van der Waals surface area (Å²) >= 11 is 0. The molecule has 0 aliphatic rings. The van der Waals surface area contributed by atoms with Crippen molar-refractivity contribution in [2.75, 3.05) is 0 Å². The summed E-state index contributed by atoms with van der Waals surface area (Å²) in [5.74, 6) is 0.668. The van der Waals surface area contributed by atoms with Crippen LogP contribution in [0.1, 0.15) is 30.1 Å². The van der Waals surface area contributed by atoms with Crippen LogP contribution in [0.25, 0.3) is 0 Å². The van der Waals surface area contributed by atoms with Gasteiger partial charge in [0.05, 0.1) is 25.4 Å². The van der Waals surface area contributed by atoms with Crippen molar-refractivity contribution in [3.05, 3.63) is 65.8 Å². The highest BCUT2D eigenvalue weighted by Gasteiger charge is 2.11. The van der Waals surface area contributed by atoms with Crippen LogP contribution in [-0.2, 0) is 19.5 Å². The number of rotatable bonds is 6. The van der Waals surface area contributed by atoms with Crippen LogP contribution >= 0.6 is 0 Å². The zero-order valence-corrected chi connectivity index (χ0v) is 12.8. The molecule has 1 aromatic carbocycles. The molecular weight excluding hydrogens is 297 g/mol. The molecule has 23 heavy (non-hydrogen) atoms. The molecule has 0 amide bonds. The van der Waals surface area contributed by atoms with Crippen molar-refractivity contribution in [1.29, 1.82) is 0 Å². The maximum Gasteiger partial charge on any atom is 0.123 e. The third-order valence-electron chi connectivity index (χ3n) is 3.65. The molecule has 3 rings (SSSR count). The van der Waals surface area contributed by atoms with Crippen LogP contribution in [-0.4, -0.2) is 29.7 Å². The molecule has 0 radical (unpaired) electrons. The Morgan fingerprint density at radius 1 is 1.26 bits per heavy atom. The number of aryl methyl sites for hydroxylation is 1. The largest absolute Gasteiger partial charge is 0.386 e. The summed E-state index contributed by atoms with van der Waals surface area (Å²) in [6, 6.07) is 5.79. The fraction of sp³-hybridized carbons (Fsp3) is 0.312. The Kier molecular flexibility index (Phi) is 4.47. The summed E-state index contributed by atoms with van der Waals surface area (Å²) in [6.07, 6.45) is 5.56. The smallest absolute Gasteiger partial charge is 0.123 e. The summed E-state index contributed by atoms with van der Waals surface area (Å²) < 4.78 is 16.5. The van der Waals surface area contributed by atoms with Gasteiger partial charge in [0.15, 0.2) is 0 Å².